The van der Waals surface area contributed by atoms with E-state index in [4.69, 9.17) is 0 Å². The predicted octanol–water partition coefficient (Wildman–Crippen LogP) is 0.867. The van der Waals surface area contributed by atoms with Crippen molar-refractivity contribution in [2.75, 3.05) is 13.6 Å². The fourth-order valence-electron chi connectivity index (χ4n) is 0.250. The maximum absolute atomic E-state index is 3.02. The summed E-state index contributed by atoms with van der Waals surface area (Å²) in [6.07, 6.45) is 1.23. The van der Waals surface area contributed by atoms with Crippen LogP contribution in [0.15, 0.2) is 0 Å². The highest BCUT2D eigenvalue weighted by molar-refractivity contribution is 6.31. The molecule has 2 heteroatoms. The topological polar surface area (TPSA) is 12.0 Å². The highest BCUT2D eigenvalue weighted by Gasteiger charge is 1.64. The number of hydrogen-bond acceptors (Lipinski definition) is 1. The largest absolute Gasteiger partial charge is 0.320 e. The molecule has 0 atom stereocenters. The first kappa shape index (κ1) is 11.0. The van der Waals surface area contributed by atoms with Gasteiger partial charge >= 0.3 is 0 Å². The molecule has 1 N–H and O–H groups in total. The summed E-state index contributed by atoms with van der Waals surface area (Å²) in [5, 5.41) is 3.02. The lowest BCUT2D eigenvalue weighted by atomic mass is 10.5. The van der Waals surface area contributed by atoms with E-state index in [1.165, 1.54) is 6.42 Å². The normalized spacial score (nSPS) is 7.50. The first-order valence-electron chi connectivity index (χ1n) is 3.47. The molecule has 0 aliphatic rings. The predicted molar refractivity (Wildman–Crippen MR) is 44.5 cm³/mol. The third kappa shape index (κ3) is 34.9. The molecule has 0 saturated carbocycles. The molecule has 0 aliphatic carbocycles. The minimum atomic E-state index is 0.417. The Labute approximate surface area is 55.7 Å². The first-order valence-corrected chi connectivity index (χ1v) is 6.30. The van der Waals surface area contributed by atoms with E-state index in [1.54, 1.807) is 0 Å². The van der Waals surface area contributed by atoms with Crippen LogP contribution in [0.3, 0.4) is 0 Å². The maximum Gasteiger partial charge on any atom is 0.0135 e. The summed E-state index contributed by atoms with van der Waals surface area (Å²) in [7, 11) is 2.38. The van der Waals surface area contributed by atoms with Crippen LogP contribution >= 0.6 is 0 Å². The Morgan fingerprint density at radius 2 is 1.75 bits per heavy atom. The van der Waals surface area contributed by atoms with E-state index in [-0.39, 0.29) is 0 Å². The molecule has 0 aromatic rings. The van der Waals surface area contributed by atoms with E-state index < -0.39 is 0 Å². The van der Waals surface area contributed by atoms with E-state index >= 15 is 0 Å². The number of nitrogens with one attached hydrogen (secondary N) is 1. The van der Waals surface area contributed by atoms with Crippen molar-refractivity contribution in [2.45, 2.75) is 26.4 Å². The van der Waals surface area contributed by atoms with Crippen LogP contribution in [0.5, 0.6) is 0 Å². The monoisotopic (exact) mass is 133 g/mol. The average molecular weight is 133 g/mol. The smallest absolute Gasteiger partial charge is 0.0135 e. The first-order chi connectivity index (χ1) is 3.83. The van der Waals surface area contributed by atoms with Gasteiger partial charge in [0.2, 0.25) is 0 Å². The quantitative estimate of drug-likeness (QED) is 0.551. The third-order valence-electron chi connectivity index (χ3n) is 0.500. The molecular weight excluding hydrogens is 114 g/mol. The van der Waals surface area contributed by atoms with Gasteiger partial charge in [0.25, 0.3) is 0 Å². The van der Waals surface area contributed by atoms with Crippen molar-refractivity contribution in [3.8, 4) is 0 Å². The van der Waals surface area contributed by atoms with Crippen molar-refractivity contribution in [1.29, 1.82) is 0 Å². The minimum Gasteiger partial charge on any atom is -0.320 e. The molecule has 8 heavy (non-hydrogen) atoms. The molecule has 0 aromatic heterocycles. The Hall–Kier alpha value is 0.177. The van der Waals surface area contributed by atoms with Crippen molar-refractivity contribution < 1.29 is 0 Å². The SMILES string of the molecule is CCCNC.C[SiH2]C. The summed E-state index contributed by atoms with van der Waals surface area (Å²) in [5.74, 6) is 0. The molecule has 0 saturated heterocycles. The zero-order valence-corrected chi connectivity index (χ0v) is 8.04. The van der Waals surface area contributed by atoms with Crippen LogP contribution in [-0.4, -0.2) is 23.1 Å². The Morgan fingerprint density at radius 1 is 1.38 bits per heavy atom. The van der Waals surface area contributed by atoms with Crippen molar-refractivity contribution in [3.63, 3.8) is 0 Å². The zero-order chi connectivity index (χ0) is 6.83. The molecule has 0 fully saturated rings. The lowest BCUT2D eigenvalue weighted by Crippen LogP contribution is -2.04. The molecule has 0 bridgehead atoms. The second kappa shape index (κ2) is 15.7. The van der Waals surface area contributed by atoms with Gasteiger partial charge in [-0.15, -0.1) is 0 Å². The zero-order valence-electron chi connectivity index (χ0n) is 6.62. The van der Waals surface area contributed by atoms with Gasteiger partial charge in [-0.1, -0.05) is 20.0 Å². The lowest BCUT2D eigenvalue weighted by Gasteiger charge is -1.84. The summed E-state index contributed by atoms with van der Waals surface area (Å²) in [5.41, 5.74) is 0. The van der Waals surface area contributed by atoms with Crippen LogP contribution in [0.4, 0.5) is 0 Å². The van der Waals surface area contributed by atoms with Gasteiger partial charge in [-0.05, 0) is 20.0 Å². The van der Waals surface area contributed by atoms with Gasteiger partial charge in [-0.2, -0.15) is 0 Å². The third-order valence-corrected chi connectivity index (χ3v) is 0.500. The van der Waals surface area contributed by atoms with E-state index in [0.29, 0.717) is 9.52 Å². The maximum atomic E-state index is 3.02. The lowest BCUT2D eigenvalue weighted by molar-refractivity contribution is 0.772. The summed E-state index contributed by atoms with van der Waals surface area (Å²) in [6, 6.07) is 0. The molecule has 0 heterocycles. The fourth-order valence-corrected chi connectivity index (χ4v) is 0.250. The Morgan fingerprint density at radius 3 is 1.75 bits per heavy atom. The molecule has 0 unspecified atom stereocenters. The second-order valence-corrected chi connectivity index (χ2v) is 3.22. The number of hydrogen-bond donors (Lipinski definition) is 1. The minimum absolute atomic E-state index is 0.417. The molecule has 0 radical (unpaired) electrons. The summed E-state index contributed by atoms with van der Waals surface area (Å²) in [4.78, 5) is 0. The van der Waals surface area contributed by atoms with E-state index in [2.05, 4.69) is 25.3 Å². The van der Waals surface area contributed by atoms with Crippen LogP contribution in [0.2, 0.25) is 13.1 Å². The van der Waals surface area contributed by atoms with Gasteiger partial charge < -0.3 is 5.32 Å². The van der Waals surface area contributed by atoms with Crippen LogP contribution < -0.4 is 5.32 Å². The Balaban J connectivity index is 0. The molecule has 1 nitrogen and oxygen atoms in total. The van der Waals surface area contributed by atoms with Gasteiger partial charge in [-0.3, -0.25) is 0 Å². The van der Waals surface area contributed by atoms with E-state index in [1.807, 2.05) is 7.05 Å². The molecule has 0 rings (SSSR count). The van der Waals surface area contributed by atoms with E-state index in [9.17, 15) is 0 Å². The molecule has 0 amide bonds. The highest BCUT2D eigenvalue weighted by atomic mass is 28.2. The Kier molecular flexibility index (Phi) is 21.7. The van der Waals surface area contributed by atoms with Gasteiger partial charge in [0, 0.05) is 9.52 Å². The molecule has 0 spiro atoms. The second-order valence-electron chi connectivity index (χ2n) is 1.81. The van der Waals surface area contributed by atoms with Crippen molar-refractivity contribution in [2.24, 2.45) is 0 Å². The fraction of sp³-hybridized carbons (Fsp3) is 1.00. The standard InChI is InChI=1S/C4H11N.C2H8Si/c1-3-4-5-2;1-3-2/h5H,3-4H2,1-2H3;3H2,1-2H3. The summed E-state index contributed by atoms with van der Waals surface area (Å²) >= 11 is 0. The molecule has 0 aromatic carbocycles. The highest BCUT2D eigenvalue weighted by Crippen LogP contribution is 1.62. The van der Waals surface area contributed by atoms with Crippen LogP contribution in [0.1, 0.15) is 13.3 Å². The van der Waals surface area contributed by atoms with Crippen molar-refractivity contribution in [1.82, 2.24) is 5.32 Å². The molecule has 52 valence electrons. The summed E-state index contributed by atoms with van der Waals surface area (Å²) < 4.78 is 0. The van der Waals surface area contributed by atoms with Crippen molar-refractivity contribution in [3.05, 3.63) is 0 Å². The number of rotatable bonds is 2. The molecular formula is C6H19NSi. The van der Waals surface area contributed by atoms with Gasteiger partial charge in [0.1, 0.15) is 0 Å². The van der Waals surface area contributed by atoms with Gasteiger partial charge in [-0.25, -0.2) is 0 Å². The van der Waals surface area contributed by atoms with Crippen molar-refractivity contribution >= 4 is 9.52 Å². The van der Waals surface area contributed by atoms with Crippen LogP contribution in [-0.2, 0) is 0 Å². The van der Waals surface area contributed by atoms with Crippen LogP contribution in [0, 0.1) is 0 Å². The van der Waals surface area contributed by atoms with E-state index in [0.717, 1.165) is 6.54 Å². The summed E-state index contributed by atoms with van der Waals surface area (Å²) in [6.45, 7) is 7.82. The van der Waals surface area contributed by atoms with Gasteiger partial charge in [0.15, 0.2) is 0 Å². The van der Waals surface area contributed by atoms with Crippen LogP contribution in [0.25, 0.3) is 0 Å². The Bertz CT molecular complexity index is 22.5. The molecule has 0 aliphatic heterocycles. The average Bonchev–Trinajstić information content (AvgIpc) is 1.71. The van der Waals surface area contributed by atoms with Gasteiger partial charge in [0.05, 0.1) is 0 Å².